The number of likely N-dealkylation sites (N-methyl/N-ethyl adjacent to an activating group) is 1. The molecule has 1 aromatic carbocycles. The number of pyridine rings is 1. The number of nitrogens with zero attached hydrogens (tertiary/aromatic N) is 3. The van der Waals surface area contributed by atoms with Crippen LogP contribution in [0.1, 0.15) is 24.5 Å². The summed E-state index contributed by atoms with van der Waals surface area (Å²) in [5.41, 5.74) is 7.42. The number of ether oxygens (including phenoxy) is 3. The van der Waals surface area contributed by atoms with Crippen LogP contribution in [0.25, 0.3) is 0 Å². The zero-order valence-electron chi connectivity index (χ0n) is 20.3. The maximum atomic E-state index is 14.7. The van der Waals surface area contributed by atoms with E-state index >= 15 is 0 Å². The number of fused-ring (bicyclic) bond motifs is 2. The summed E-state index contributed by atoms with van der Waals surface area (Å²) in [7, 11) is 2.00. The van der Waals surface area contributed by atoms with Crippen LogP contribution in [0.2, 0.25) is 0 Å². The molecule has 0 radical (unpaired) electrons. The van der Waals surface area contributed by atoms with Crippen LogP contribution < -0.4 is 25.4 Å². The number of carbonyl (C=O) groups is 2. The van der Waals surface area contributed by atoms with E-state index < -0.39 is 6.09 Å². The van der Waals surface area contributed by atoms with Crippen molar-refractivity contribution >= 4 is 23.6 Å². The van der Waals surface area contributed by atoms with Gasteiger partial charge in [0.25, 0.3) is 5.91 Å². The van der Waals surface area contributed by atoms with Gasteiger partial charge in [-0.25, -0.2) is 14.2 Å². The molecule has 2 amide bonds. The number of amides is 2. The van der Waals surface area contributed by atoms with Gasteiger partial charge in [0.15, 0.2) is 18.2 Å². The van der Waals surface area contributed by atoms with Crippen LogP contribution in [0.15, 0.2) is 24.3 Å². The Morgan fingerprint density at radius 2 is 2.17 bits per heavy atom. The predicted molar refractivity (Wildman–Crippen MR) is 130 cm³/mol. The number of hydrogen-bond acceptors (Lipinski definition) is 8. The Labute approximate surface area is 208 Å². The molecule has 0 spiro atoms. The molecule has 3 atom stereocenters. The normalized spacial score (nSPS) is 21.5. The zero-order valence-corrected chi connectivity index (χ0v) is 20.3. The lowest BCUT2D eigenvalue weighted by molar-refractivity contribution is -0.118. The highest BCUT2D eigenvalue weighted by molar-refractivity contribution is 5.95. The average molecular weight is 500 g/mol. The highest BCUT2D eigenvalue weighted by Gasteiger charge is 2.35. The number of carbonyl (C=O) groups excluding carboxylic acids is 2. The third kappa shape index (κ3) is 5.07. The lowest BCUT2D eigenvalue weighted by Crippen LogP contribution is -2.35. The molecule has 3 unspecified atom stereocenters. The maximum absolute atomic E-state index is 14.7. The third-order valence-corrected chi connectivity index (χ3v) is 6.71. The third-order valence-electron chi connectivity index (χ3n) is 6.71. The fourth-order valence-electron chi connectivity index (χ4n) is 4.75. The summed E-state index contributed by atoms with van der Waals surface area (Å²) >= 11 is 0. The summed E-state index contributed by atoms with van der Waals surface area (Å²) in [4.78, 5) is 32.1. The molecule has 1 fully saturated rings. The van der Waals surface area contributed by atoms with Crippen molar-refractivity contribution in [2.24, 2.45) is 5.73 Å². The molecule has 3 N–H and O–H groups in total. The topological polar surface area (TPSA) is 119 Å². The number of hydrogen-bond donors (Lipinski definition) is 2. The van der Waals surface area contributed by atoms with Crippen molar-refractivity contribution < 1.29 is 28.2 Å². The summed E-state index contributed by atoms with van der Waals surface area (Å²) in [6, 6.07) is 6.71. The van der Waals surface area contributed by atoms with Gasteiger partial charge in [0.1, 0.15) is 30.1 Å². The van der Waals surface area contributed by atoms with Gasteiger partial charge in [-0.2, -0.15) is 0 Å². The van der Waals surface area contributed by atoms with Crippen molar-refractivity contribution in [3.63, 3.8) is 0 Å². The Kier molecular flexibility index (Phi) is 6.67. The Morgan fingerprint density at radius 1 is 1.33 bits per heavy atom. The van der Waals surface area contributed by atoms with Crippen LogP contribution in [0, 0.1) is 5.82 Å². The number of nitrogens with one attached hydrogen (secondary N) is 1. The van der Waals surface area contributed by atoms with Crippen LogP contribution >= 0.6 is 0 Å². The second-order valence-electron chi connectivity index (χ2n) is 9.63. The summed E-state index contributed by atoms with van der Waals surface area (Å²) in [6.07, 6.45) is 1.19. The van der Waals surface area contributed by atoms with E-state index in [1.54, 1.807) is 12.1 Å². The van der Waals surface area contributed by atoms with Gasteiger partial charge in [0.05, 0.1) is 6.54 Å². The molecule has 1 aromatic heterocycles. The molecule has 3 aliphatic rings. The quantitative estimate of drug-likeness (QED) is 0.567. The first-order valence-electron chi connectivity index (χ1n) is 12.1. The van der Waals surface area contributed by atoms with Crippen molar-refractivity contribution in [3.05, 3.63) is 41.2 Å². The summed E-state index contributed by atoms with van der Waals surface area (Å²) in [5.74, 6) is 1.11. The second-order valence-corrected chi connectivity index (χ2v) is 9.63. The summed E-state index contributed by atoms with van der Waals surface area (Å²) in [6.45, 7) is 3.15. The first-order chi connectivity index (χ1) is 17.3. The standard InChI is InChI=1S/C25H30FN5O5/c1-14(27)12-34-18-8-15-7-16(9-19(15)20(26)10-18)30(2)6-5-17-11-31(25(33)36-17)22-4-3-21-24(28-22)29-23(32)13-35-21/h3-4,8,10,14,16-17H,5-7,9,11-13,27H2,1-2H3,(H,28,29,32). The predicted octanol–water partition coefficient (Wildman–Crippen LogP) is 2.09. The van der Waals surface area contributed by atoms with Crippen LogP contribution in [-0.4, -0.2) is 73.4 Å². The number of benzene rings is 1. The molecule has 2 aliphatic heterocycles. The Bertz CT molecular complexity index is 1180. The first-order valence-corrected chi connectivity index (χ1v) is 12.1. The lowest BCUT2D eigenvalue weighted by atomic mass is 10.1. The molecule has 1 aliphatic carbocycles. The van der Waals surface area contributed by atoms with Crippen LogP contribution in [0.4, 0.5) is 20.8 Å². The van der Waals surface area contributed by atoms with Crippen molar-refractivity contribution in [2.75, 3.05) is 43.6 Å². The molecule has 36 heavy (non-hydrogen) atoms. The molecular formula is C25H30FN5O5. The Balaban J connectivity index is 1.16. The zero-order chi connectivity index (χ0) is 25.4. The smallest absolute Gasteiger partial charge is 0.415 e. The van der Waals surface area contributed by atoms with Crippen molar-refractivity contribution in [1.29, 1.82) is 0 Å². The summed E-state index contributed by atoms with van der Waals surface area (Å²) in [5, 5.41) is 2.65. The van der Waals surface area contributed by atoms with E-state index in [0.717, 1.165) is 17.5 Å². The SMILES string of the molecule is CC(N)COc1cc(F)c2c(c1)CC(N(C)CCC1CN(c3ccc4c(n3)NC(=O)CO4)C(=O)O1)C2. The maximum Gasteiger partial charge on any atom is 0.415 e. The minimum atomic E-state index is -0.479. The monoisotopic (exact) mass is 499 g/mol. The van der Waals surface area contributed by atoms with Gasteiger partial charge in [0.2, 0.25) is 0 Å². The van der Waals surface area contributed by atoms with E-state index in [1.165, 1.54) is 11.0 Å². The number of halogens is 1. The fourth-order valence-corrected chi connectivity index (χ4v) is 4.75. The van der Waals surface area contributed by atoms with Crippen LogP contribution in [0.3, 0.4) is 0 Å². The number of rotatable bonds is 8. The van der Waals surface area contributed by atoms with E-state index in [9.17, 15) is 14.0 Å². The molecule has 5 rings (SSSR count). The minimum Gasteiger partial charge on any atom is -0.492 e. The van der Waals surface area contributed by atoms with E-state index in [1.807, 2.05) is 20.0 Å². The Hall–Kier alpha value is -3.44. The fraction of sp³-hybridized carbons (Fsp3) is 0.480. The highest BCUT2D eigenvalue weighted by atomic mass is 19.1. The van der Waals surface area contributed by atoms with Gasteiger partial charge in [-0.1, -0.05) is 0 Å². The van der Waals surface area contributed by atoms with Gasteiger partial charge < -0.3 is 30.2 Å². The Morgan fingerprint density at radius 3 is 2.97 bits per heavy atom. The average Bonchev–Trinajstić information content (AvgIpc) is 3.44. The van der Waals surface area contributed by atoms with Gasteiger partial charge in [0, 0.05) is 24.7 Å². The molecule has 2 aromatic rings. The molecule has 192 valence electrons. The van der Waals surface area contributed by atoms with Crippen LogP contribution in [-0.2, 0) is 22.4 Å². The van der Waals surface area contributed by atoms with Gasteiger partial charge in [-0.05, 0) is 62.6 Å². The number of aromatic nitrogens is 1. The van der Waals surface area contributed by atoms with E-state index in [2.05, 4.69) is 15.2 Å². The highest BCUT2D eigenvalue weighted by Crippen LogP contribution is 2.33. The first kappa shape index (κ1) is 24.3. The molecule has 10 nitrogen and oxygen atoms in total. The van der Waals surface area contributed by atoms with E-state index in [-0.39, 0.29) is 36.5 Å². The molecule has 0 saturated carbocycles. The van der Waals surface area contributed by atoms with Crippen molar-refractivity contribution in [2.45, 2.75) is 44.4 Å². The van der Waals surface area contributed by atoms with Crippen molar-refractivity contribution in [1.82, 2.24) is 9.88 Å². The lowest BCUT2D eigenvalue weighted by Gasteiger charge is -2.25. The molecular weight excluding hydrogens is 469 g/mol. The molecule has 11 heteroatoms. The van der Waals surface area contributed by atoms with Crippen molar-refractivity contribution in [3.8, 4) is 11.5 Å². The number of nitrogens with two attached hydrogens (primary N) is 1. The van der Waals surface area contributed by atoms with Gasteiger partial charge in [-0.3, -0.25) is 9.69 Å². The number of cyclic esters (lactones) is 1. The van der Waals surface area contributed by atoms with Crippen LogP contribution in [0.5, 0.6) is 11.5 Å². The van der Waals surface area contributed by atoms with Gasteiger partial charge in [-0.15, -0.1) is 0 Å². The summed E-state index contributed by atoms with van der Waals surface area (Å²) < 4.78 is 31.2. The molecule has 3 heterocycles. The second kappa shape index (κ2) is 9.90. The van der Waals surface area contributed by atoms with Gasteiger partial charge >= 0.3 is 6.09 Å². The van der Waals surface area contributed by atoms with E-state index in [0.29, 0.717) is 55.7 Å². The minimum absolute atomic E-state index is 0.0589. The molecule has 1 saturated heterocycles. The number of anilines is 2. The van der Waals surface area contributed by atoms with E-state index in [4.69, 9.17) is 19.9 Å². The molecule has 0 bridgehead atoms. The largest absolute Gasteiger partial charge is 0.492 e.